The number of hydrazine groups is 1. The van der Waals surface area contributed by atoms with Gasteiger partial charge in [-0.1, -0.05) is 11.6 Å². The number of rotatable bonds is 4. The van der Waals surface area contributed by atoms with Crippen molar-refractivity contribution in [3.05, 3.63) is 52.7 Å². The van der Waals surface area contributed by atoms with Crippen LogP contribution in [0.5, 0.6) is 5.75 Å². The van der Waals surface area contributed by atoms with Gasteiger partial charge in [0.1, 0.15) is 30.2 Å². The molecule has 0 bridgehead atoms. The van der Waals surface area contributed by atoms with Crippen molar-refractivity contribution in [3.8, 4) is 5.75 Å². The molecule has 2 aromatic rings. The summed E-state index contributed by atoms with van der Waals surface area (Å²) in [6.07, 6.45) is 1.26. The van der Waals surface area contributed by atoms with E-state index in [0.717, 1.165) is 0 Å². The molecular weight excluding hydrogens is 275 g/mol. The normalized spacial score (nSPS) is 10.3. The second-order valence-electron chi connectivity index (χ2n) is 3.64. The summed E-state index contributed by atoms with van der Waals surface area (Å²) in [6.45, 7) is 0.0831. The number of furan rings is 1. The van der Waals surface area contributed by atoms with Gasteiger partial charge < -0.3 is 9.15 Å². The summed E-state index contributed by atoms with van der Waals surface area (Å²) in [7, 11) is 0. The monoisotopic (exact) mass is 284 g/mol. The van der Waals surface area contributed by atoms with Crippen LogP contribution in [-0.4, -0.2) is 5.91 Å². The maximum absolute atomic E-state index is 12.9. The number of nitrogen functional groups attached to an aromatic ring is 1. The minimum Gasteiger partial charge on any atom is -0.486 e. The number of hydrogen-bond acceptors (Lipinski definition) is 4. The lowest BCUT2D eigenvalue weighted by atomic mass is 10.3. The maximum atomic E-state index is 12.9. The molecule has 1 aromatic carbocycles. The zero-order valence-electron chi connectivity index (χ0n) is 9.65. The first-order chi connectivity index (χ1) is 9.10. The number of ether oxygens (including phenoxy) is 1. The average molecular weight is 285 g/mol. The van der Waals surface area contributed by atoms with E-state index < -0.39 is 11.7 Å². The second-order valence-corrected chi connectivity index (χ2v) is 4.05. The molecule has 0 saturated carbocycles. The van der Waals surface area contributed by atoms with Gasteiger partial charge in [0, 0.05) is 6.07 Å². The number of nitrogens with one attached hydrogen (secondary N) is 1. The smallest absolute Gasteiger partial charge is 0.268 e. The van der Waals surface area contributed by atoms with Gasteiger partial charge in [0.15, 0.2) is 0 Å². The molecular formula is C12H10ClFN2O3. The van der Waals surface area contributed by atoms with E-state index in [1.807, 2.05) is 5.43 Å². The first kappa shape index (κ1) is 13.4. The molecule has 1 amide bonds. The molecule has 19 heavy (non-hydrogen) atoms. The van der Waals surface area contributed by atoms with Crippen LogP contribution in [0.15, 0.2) is 34.9 Å². The summed E-state index contributed by atoms with van der Waals surface area (Å²) in [5.74, 6) is 4.83. The number of amides is 1. The van der Waals surface area contributed by atoms with Gasteiger partial charge >= 0.3 is 0 Å². The quantitative estimate of drug-likeness (QED) is 0.513. The predicted molar refractivity (Wildman–Crippen MR) is 66.1 cm³/mol. The van der Waals surface area contributed by atoms with Crippen molar-refractivity contribution in [3.63, 3.8) is 0 Å². The first-order valence-electron chi connectivity index (χ1n) is 5.26. The van der Waals surface area contributed by atoms with Crippen molar-refractivity contribution < 1.29 is 18.3 Å². The summed E-state index contributed by atoms with van der Waals surface area (Å²) in [5.41, 5.74) is 2.27. The van der Waals surface area contributed by atoms with Crippen LogP contribution in [0.25, 0.3) is 0 Å². The lowest BCUT2D eigenvalue weighted by Crippen LogP contribution is -2.29. The van der Waals surface area contributed by atoms with Crippen molar-refractivity contribution in [1.82, 2.24) is 5.43 Å². The number of nitrogens with two attached hydrogens (primary N) is 1. The summed E-state index contributed by atoms with van der Waals surface area (Å²) in [6, 6.07) is 5.49. The van der Waals surface area contributed by atoms with Gasteiger partial charge in [-0.2, -0.15) is 0 Å². The highest BCUT2D eigenvalue weighted by Crippen LogP contribution is 2.22. The highest BCUT2D eigenvalue weighted by Gasteiger charge is 2.09. The van der Waals surface area contributed by atoms with Gasteiger partial charge in [0.25, 0.3) is 5.91 Å². The number of halogens is 2. The van der Waals surface area contributed by atoms with E-state index in [-0.39, 0.29) is 11.6 Å². The molecule has 7 heteroatoms. The highest BCUT2D eigenvalue weighted by atomic mass is 35.5. The summed E-state index contributed by atoms with van der Waals surface area (Å²) in [4.78, 5) is 11.2. The zero-order valence-corrected chi connectivity index (χ0v) is 10.4. The molecule has 0 unspecified atom stereocenters. The topological polar surface area (TPSA) is 77.5 Å². The van der Waals surface area contributed by atoms with Crippen LogP contribution < -0.4 is 16.0 Å². The van der Waals surface area contributed by atoms with E-state index in [2.05, 4.69) is 0 Å². The van der Waals surface area contributed by atoms with E-state index in [0.29, 0.717) is 17.1 Å². The van der Waals surface area contributed by atoms with E-state index in [1.54, 1.807) is 0 Å². The molecule has 0 atom stereocenters. The molecule has 0 fully saturated rings. The summed E-state index contributed by atoms with van der Waals surface area (Å²) >= 11 is 5.61. The van der Waals surface area contributed by atoms with Crippen molar-refractivity contribution in [2.75, 3.05) is 0 Å². The van der Waals surface area contributed by atoms with Crippen molar-refractivity contribution in [2.45, 2.75) is 6.61 Å². The van der Waals surface area contributed by atoms with Crippen LogP contribution in [-0.2, 0) is 6.61 Å². The highest BCUT2D eigenvalue weighted by molar-refractivity contribution is 6.30. The standard InChI is InChI=1S/C12H10ClFN2O3/c13-10-4-8(1-2-11(10)14)19-6-9-3-7(5-18-9)12(17)16-15/h1-5H,6,15H2,(H,16,17). The fourth-order valence-electron chi connectivity index (χ4n) is 1.38. The number of carbonyl (C=O) groups is 1. The largest absolute Gasteiger partial charge is 0.486 e. The van der Waals surface area contributed by atoms with Crippen LogP contribution in [0.3, 0.4) is 0 Å². The Labute approximate surface area is 113 Å². The van der Waals surface area contributed by atoms with Crippen LogP contribution in [0.4, 0.5) is 4.39 Å². The Morgan fingerprint density at radius 3 is 2.95 bits per heavy atom. The van der Waals surface area contributed by atoms with Crippen molar-refractivity contribution in [2.24, 2.45) is 5.84 Å². The second kappa shape index (κ2) is 5.73. The van der Waals surface area contributed by atoms with Gasteiger partial charge in [-0.3, -0.25) is 10.2 Å². The number of carbonyl (C=O) groups excluding carboxylic acids is 1. The maximum Gasteiger partial charge on any atom is 0.268 e. The minimum absolute atomic E-state index is 0.0276. The van der Waals surface area contributed by atoms with E-state index in [9.17, 15) is 9.18 Å². The molecule has 5 nitrogen and oxygen atoms in total. The Kier molecular flexibility index (Phi) is 4.03. The molecule has 0 aliphatic carbocycles. The fourth-order valence-corrected chi connectivity index (χ4v) is 1.55. The van der Waals surface area contributed by atoms with Crippen LogP contribution in [0, 0.1) is 5.82 Å². The number of benzene rings is 1. The number of hydrogen-bond donors (Lipinski definition) is 2. The first-order valence-corrected chi connectivity index (χ1v) is 5.64. The fraction of sp³-hybridized carbons (Fsp3) is 0.0833. The molecule has 1 aromatic heterocycles. The molecule has 0 saturated heterocycles. The lowest BCUT2D eigenvalue weighted by Gasteiger charge is -2.04. The molecule has 2 rings (SSSR count). The molecule has 0 aliphatic rings. The Morgan fingerprint density at radius 1 is 1.47 bits per heavy atom. The van der Waals surface area contributed by atoms with Crippen LogP contribution >= 0.6 is 11.6 Å². The lowest BCUT2D eigenvalue weighted by molar-refractivity contribution is 0.0953. The van der Waals surface area contributed by atoms with Gasteiger partial charge in [-0.25, -0.2) is 10.2 Å². The Balaban J connectivity index is 2.00. The molecule has 100 valence electrons. The third-order valence-electron chi connectivity index (χ3n) is 2.32. The van der Waals surface area contributed by atoms with Crippen molar-refractivity contribution in [1.29, 1.82) is 0 Å². The zero-order chi connectivity index (χ0) is 13.8. The Morgan fingerprint density at radius 2 is 2.26 bits per heavy atom. The molecule has 0 radical (unpaired) electrons. The average Bonchev–Trinajstić information content (AvgIpc) is 2.88. The predicted octanol–water partition coefficient (Wildman–Crippen LogP) is 2.25. The van der Waals surface area contributed by atoms with Gasteiger partial charge in [0.05, 0.1) is 10.6 Å². The molecule has 0 spiro atoms. The van der Waals surface area contributed by atoms with Gasteiger partial charge in [-0.15, -0.1) is 0 Å². The Bertz CT molecular complexity index is 600. The van der Waals surface area contributed by atoms with E-state index >= 15 is 0 Å². The van der Waals surface area contributed by atoms with Crippen LogP contribution in [0.1, 0.15) is 16.1 Å². The van der Waals surface area contributed by atoms with Crippen molar-refractivity contribution >= 4 is 17.5 Å². The van der Waals surface area contributed by atoms with Crippen LogP contribution in [0.2, 0.25) is 5.02 Å². The minimum atomic E-state index is -0.520. The Hall–Kier alpha value is -2.05. The third kappa shape index (κ3) is 3.24. The molecule has 0 aliphatic heterocycles. The van der Waals surface area contributed by atoms with E-state index in [1.165, 1.54) is 30.5 Å². The van der Waals surface area contributed by atoms with E-state index in [4.69, 9.17) is 26.6 Å². The van der Waals surface area contributed by atoms with Gasteiger partial charge in [0.2, 0.25) is 0 Å². The summed E-state index contributed by atoms with van der Waals surface area (Å²) in [5, 5.41) is -0.0276. The van der Waals surface area contributed by atoms with Gasteiger partial charge in [-0.05, 0) is 18.2 Å². The molecule has 1 heterocycles. The third-order valence-corrected chi connectivity index (χ3v) is 2.61. The summed E-state index contributed by atoms with van der Waals surface area (Å²) < 4.78 is 23.4. The SMILES string of the molecule is NNC(=O)c1coc(COc2ccc(F)c(Cl)c2)c1. The molecule has 3 N–H and O–H groups in total.